The summed E-state index contributed by atoms with van der Waals surface area (Å²) < 4.78 is 7.65. The molecule has 0 amide bonds. The van der Waals surface area contributed by atoms with Gasteiger partial charge in [-0.25, -0.2) is 0 Å². The van der Waals surface area contributed by atoms with E-state index in [-0.39, 0.29) is 0 Å². The van der Waals surface area contributed by atoms with Crippen LogP contribution >= 0.6 is 0 Å². The van der Waals surface area contributed by atoms with Crippen LogP contribution in [-0.2, 0) is 31.0 Å². The van der Waals surface area contributed by atoms with Crippen molar-refractivity contribution in [3.05, 3.63) is 35.2 Å². The molecule has 0 radical (unpaired) electrons. The predicted octanol–water partition coefficient (Wildman–Crippen LogP) is 1.08. The summed E-state index contributed by atoms with van der Waals surface area (Å²) in [5.74, 6) is 1.99. The highest BCUT2D eigenvalue weighted by atomic mass is 16.5. The van der Waals surface area contributed by atoms with E-state index in [1.807, 2.05) is 0 Å². The van der Waals surface area contributed by atoms with Gasteiger partial charge in [-0.05, 0) is 17.2 Å². The molecule has 2 aromatic rings. The van der Waals surface area contributed by atoms with Crippen molar-refractivity contribution >= 4 is 0 Å². The van der Waals surface area contributed by atoms with Crippen molar-refractivity contribution < 1.29 is 4.74 Å². The molecule has 4 rings (SSSR count). The summed E-state index contributed by atoms with van der Waals surface area (Å²) in [6.07, 6.45) is 0. The zero-order valence-corrected chi connectivity index (χ0v) is 10.0. The van der Waals surface area contributed by atoms with Crippen molar-refractivity contribution in [3.63, 3.8) is 0 Å². The van der Waals surface area contributed by atoms with E-state index >= 15 is 0 Å². The summed E-state index contributed by atoms with van der Waals surface area (Å²) in [6, 6.07) is 6.44. The van der Waals surface area contributed by atoms with Gasteiger partial charge in [-0.3, -0.25) is 0 Å². The van der Waals surface area contributed by atoms with Gasteiger partial charge in [-0.1, -0.05) is 12.1 Å². The molecule has 1 aromatic carbocycles. The maximum Gasteiger partial charge on any atom is 0.164 e. The molecule has 0 spiro atoms. The molecule has 3 heterocycles. The Morgan fingerprint density at radius 3 is 3.11 bits per heavy atom. The number of benzene rings is 1. The SMILES string of the molecule is c1cc2c(cc1-c1nnc3n1CCNC3)COC2. The summed E-state index contributed by atoms with van der Waals surface area (Å²) in [5, 5.41) is 11.9. The Morgan fingerprint density at radius 1 is 1.17 bits per heavy atom. The predicted molar refractivity (Wildman–Crippen MR) is 65.7 cm³/mol. The van der Waals surface area contributed by atoms with Crippen LogP contribution in [-0.4, -0.2) is 21.3 Å². The summed E-state index contributed by atoms with van der Waals surface area (Å²) >= 11 is 0. The first kappa shape index (κ1) is 10.2. The van der Waals surface area contributed by atoms with E-state index in [0.29, 0.717) is 6.61 Å². The fourth-order valence-corrected chi connectivity index (χ4v) is 2.62. The van der Waals surface area contributed by atoms with Gasteiger partial charge in [0, 0.05) is 18.7 Å². The lowest BCUT2D eigenvalue weighted by Gasteiger charge is -2.16. The van der Waals surface area contributed by atoms with E-state index < -0.39 is 0 Å². The van der Waals surface area contributed by atoms with Gasteiger partial charge in [0.15, 0.2) is 5.82 Å². The first-order valence-corrected chi connectivity index (χ1v) is 6.24. The Labute approximate surface area is 105 Å². The highest BCUT2D eigenvalue weighted by Crippen LogP contribution is 2.26. The number of nitrogens with one attached hydrogen (secondary N) is 1. The first-order chi connectivity index (χ1) is 8.92. The Bertz CT molecular complexity index is 605. The fraction of sp³-hybridized carbons (Fsp3) is 0.385. The molecule has 18 heavy (non-hydrogen) atoms. The lowest BCUT2D eigenvalue weighted by molar-refractivity contribution is 0.134. The normalized spacial score (nSPS) is 17.6. The second-order valence-corrected chi connectivity index (χ2v) is 4.74. The maximum absolute atomic E-state index is 5.45. The van der Waals surface area contributed by atoms with Gasteiger partial charge >= 0.3 is 0 Å². The van der Waals surface area contributed by atoms with E-state index in [2.05, 4.69) is 38.3 Å². The Kier molecular flexibility index (Phi) is 2.21. The number of nitrogens with zero attached hydrogens (tertiary/aromatic N) is 3. The van der Waals surface area contributed by atoms with E-state index in [1.54, 1.807) is 0 Å². The van der Waals surface area contributed by atoms with Crippen LogP contribution in [0.1, 0.15) is 17.0 Å². The lowest BCUT2D eigenvalue weighted by atomic mass is 10.1. The molecule has 0 saturated heterocycles. The van der Waals surface area contributed by atoms with Crippen LogP contribution < -0.4 is 5.32 Å². The molecule has 5 heteroatoms. The molecular weight excluding hydrogens is 228 g/mol. The van der Waals surface area contributed by atoms with Crippen LogP contribution in [0.15, 0.2) is 18.2 Å². The molecule has 1 aromatic heterocycles. The third-order valence-corrected chi connectivity index (χ3v) is 3.60. The molecule has 2 aliphatic heterocycles. The fourth-order valence-electron chi connectivity index (χ4n) is 2.62. The second kappa shape index (κ2) is 3.90. The quantitative estimate of drug-likeness (QED) is 0.813. The van der Waals surface area contributed by atoms with Crippen molar-refractivity contribution in [1.82, 2.24) is 20.1 Å². The van der Waals surface area contributed by atoms with E-state index in [0.717, 1.165) is 43.5 Å². The van der Waals surface area contributed by atoms with Crippen LogP contribution in [0.3, 0.4) is 0 Å². The Morgan fingerprint density at radius 2 is 2.11 bits per heavy atom. The van der Waals surface area contributed by atoms with Crippen molar-refractivity contribution in [2.45, 2.75) is 26.3 Å². The smallest absolute Gasteiger partial charge is 0.164 e. The average Bonchev–Trinajstić information content (AvgIpc) is 3.04. The molecule has 0 unspecified atom stereocenters. The minimum absolute atomic E-state index is 0.714. The minimum Gasteiger partial charge on any atom is -0.372 e. The highest BCUT2D eigenvalue weighted by Gasteiger charge is 2.18. The summed E-state index contributed by atoms with van der Waals surface area (Å²) in [5.41, 5.74) is 3.71. The van der Waals surface area contributed by atoms with Crippen LogP contribution in [0.25, 0.3) is 11.4 Å². The first-order valence-electron chi connectivity index (χ1n) is 6.24. The summed E-state index contributed by atoms with van der Waals surface area (Å²) in [7, 11) is 0. The van der Waals surface area contributed by atoms with E-state index in [9.17, 15) is 0 Å². The van der Waals surface area contributed by atoms with Gasteiger partial charge in [-0.2, -0.15) is 0 Å². The molecule has 5 nitrogen and oxygen atoms in total. The number of aromatic nitrogens is 3. The van der Waals surface area contributed by atoms with Crippen LogP contribution in [0.2, 0.25) is 0 Å². The Balaban J connectivity index is 1.81. The standard InChI is InChI=1S/C13H14N4O/c1-2-10-7-18-8-11(10)5-9(1)13-16-15-12-6-14-3-4-17(12)13/h1-2,5,14H,3-4,6-8H2. The van der Waals surface area contributed by atoms with Gasteiger partial charge in [0.25, 0.3) is 0 Å². The molecule has 1 N–H and O–H groups in total. The van der Waals surface area contributed by atoms with E-state index in [1.165, 1.54) is 11.1 Å². The van der Waals surface area contributed by atoms with Crippen LogP contribution in [0, 0.1) is 0 Å². The zero-order valence-electron chi connectivity index (χ0n) is 10.0. The van der Waals surface area contributed by atoms with Crippen molar-refractivity contribution in [2.75, 3.05) is 6.54 Å². The summed E-state index contributed by atoms with van der Waals surface area (Å²) in [6.45, 7) is 4.17. The third kappa shape index (κ3) is 1.48. The number of hydrogen-bond donors (Lipinski definition) is 1. The number of fused-ring (bicyclic) bond motifs is 2. The van der Waals surface area contributed by atoms with Gasteiger partial charge in [0.2, 0.25) is 0 Å². The maximum atomic E-state index is 5.45. The molecule has 92 valence electrons. The minimum atomic E-state index is 0.714. The molecule has 0 atom stereocenters. The van der Waals surface area contributed by atoms with Gasteiger partial charge in [0.05, 0.1) is 19.8 Å². The van der Waals surface area contributed by atoms with Crippen LogP contribution in [0.4, 0.5) is 0 Å². The van der Waals surface area contributed by atoms with Gasteiger partial charge in [-0.15, -0.1) is 10.2 Å². The molecule has 0 aliphatic carbocycles. The van der Waals surface area contributed by atoms with Crippen LogP contribution in [0.5, 0.6) is 0 Å². The molecule has 0 fully saturated rings. The summed E-state index contributed by atoms with van der Waals surface area (Å²) in [4.78, 5) is 0. The lowest BCUT2D eigenvalue weighted by Crippen LogP contribution is -2.28. The molecule has 0 bridgehead atoms. The highest BCUT2D eigenvalue weighted by molar-refractivity contribution is 5.58. The van der Waals surface area contributed by atoms with Gasteiger partial charge in [0.1, 0.15) is 5.82 Å². The monoisotopic (exact) mass is 242 g/mol. The number of hydrogen-bond acceptors (Lipinski definition) is 4. The van der Waals surface area contributed by atoms with Crippen molar-refractivity contribution in [1.29, 1.82) is 0 Å². The van der Waals surface area contributed by atoms with Crippen molar-refractivity contribution in [3.8, 4) is 11.4 Å². The van der Waals surface area contributed by atoms with Gasteiger partial charge < -0.3 is 14.6 Å². The Hall–Kier alpha value is -1.72. The zero-order chi connectivity index (χ0) is 11.9. The average molecular weight is 242 g/mol. The molecular formula is C13H14N4O. The van der Waals surface area contributed by atoms with E-state index in [4.69, 9.17) is 4.74 Å². The second-order valence-electron chi connectivity index (χ2n) is 4.74. The third-order valence-electron chi connectivity index (χ3n) is 3.60. The largest absolute Gasteiger partial charge is 0.372 e. The van der Waals surface area contributed by atoms with Crippen molar-refractivity contribution in [2.24, 2.45) is 0 Å². The number of ether oxygens (including phenoxy) is 1. The number of rotatable bonds is 1. The topological polar surface area (TPSA) is 52.0 Å². The molecule has 2 aliphatic rings. The molecule has 0 saturated carbocycles.